The van der Waals surface area contributed by atoms with Crippen LogP contribution in [0.15, 0.2) is 24.5 Å². The van der Waals surface area contributed by atoms with Crippen LogP contribution in [0, 0.1) is 0 Å². The molecule has 0 saturated carbocycles. The molecule has 2 radical (unpaired) electrons. The fraction of sp³-hybridized carbons (Fsp3) is 0.0833. The molecule has 2 aromatic heterocycles. The third-order valence-electron chi connectivity index (χ3n) is 2.76. The number of benzene rings is 1. The fourth-order valence-electron chi connectivity index (χ4n) is 1.90. The smallest absolute Gasteiger partial charge is 0.225 e. The second-order valence-corrected chi connectivity index (χ2v) is 4.24. The molecule has 5 nitrogen and oxygen atoms in total. The molecular formula is C12H8BClN4O. The maximum atomic E-state index is 5.90. The van der Waals surface area contributed by atoms with Crippen molar-refractivity contribution in [2.24, 2.45) is 0 Å². The molecule has 0 aliphatic carbocycles. The van der Waals surface area contributed by atoms with Crippen LogP contribution in [0.2, 0.25) is 5.28 Å². The van der Waals surface area contributed by atoms with Gasteiger partial charge in [0.15, 0.2) is 5.65 Å². The SMILES string of the molecule is [B]c1cc(-c2nc(Cl)nc3nc[nH]c23)ccc1OC. The van der Waals surface area contributed by atoms with Gasteiger partial charge in [-0.3, -0.25) is 0 Å². The van der Waals surface area contributed by atoms with Gasteiger partial charge < -0.3 is 9.72 Å². The Morgan fingerprint density at radius 2 is 2.16 bits per heavy atom. The van der Waals surface area contributed by atoms with Crippen LogP contribution in [0.3, 0.4) is 0 Å². The van der Waals surface area contributed by atoms with E-state index in [0.29, 0.717) is 28.1 Å². The summed E-state index contributed by atoms with van der Waals surface area (Å²) in [6.07, 6.45) is 1.55. The Hall–Kier alpha value is -2.08. The molecule has 0 saturated heterocycles. The predicted octanol–water partition coefficient (Wildman–Crippen LogP) is 1.48. The number of methoxy groups -OCH3 is 1. The van der Waals surface area contributed by atoms with Crippen molar-refractivity contribution >= 4 is 36.1 Å². The van der Waals surface area contributed by atoms with Gasteiger partial charge in [0, 0.05) is 5.56 Å². The van der Waals surface area contributed by atoms with Gasteiger partial charge in [-0.2, -0.15) is 4.98 Å². The molecule has 0 amide bonds. The Bertz CT molecular complexity index is 759. The van der Waals surface area contributed by atoms with Crippen LogP contribution < -0.4 is 10.2 Å². The standard InChI is InChI=1S/C12H8BClN4O/c1-19-8-3-2-6(4-7(8)13)9-10-11(16-5-15-10)18-12(14)17-9/h2-5H,1H3,(H,15,16,17,18). The molecule has 7 heteroatoms. The second-order valence-electron chi connectivity index (χ2n) is 3.90. The van der Waals surface area contributed by atoms with Gasteiger partial charge in [-0.1, -0.05) is 11.5 Å². The Kier molecular flexibility index (Phi) is 2.87. The number of H-pyrrole nitrogens is 1. The fourth-order valence-corrected chi connectivity index (χ4v) is 2.06. The predicted molar refractivity (Wildman–Crippen MR) is 74.1 cm³/mol. The third-order valence-corrected chi connectivity index (χ3v) is 2.93. The van der Waals surface area contributed by atoms with E-state index in [-0.39, 0.29) is 5.28 Å². The molecular weight excluding hydrogens is 262 g/mol. The zero-order valence-corrected chi connectivity index (χ0v) is 10.8. The Balaban J connectivity index is 2.23. The maximum absolute atomic E-state index is 5.90. The van der Waals surface area contributed by atoms with Gasteiger partial charge in [0.05, 0.1) is 13.4 Å². The van der Waals surface area contributed by atoms with Gasteiger partial charge in [-0.15, -0.1) is 0 Å². The van der Waals surface area contributed by atoms with E-state index in [1.54, 1.807) is 25.6 Å². The van der Waals surface area contributed by atoms with Crippen LogP contribution in [-0.2, 0) is 0 Å². The molecule has 19 heavy (non-hydrogen) atoms. The Labute approximate surface area is 115 Å². The van der Waals surface area contributed by atoms with E-state index in [9.17, 15) is 0 Å². The second kappa shape index (κ2) is 4.55. The van der Waals surface area contributed by atoms with Gasteiger partial charge in [-0.25, -0.2) is 9.97 Å². The topological polar surface area (TPSA) is 63.7 Å². The van der Waals surface area contributed by atoms with Gasteiger partial charge in [0.2, 0.25) is 5.28 Å². The first-order valence-corrected chi connectivity index (χ1v) is 5.87. The molecule has 0 aliphatic rings. The highest BCUT2D eigenvalue weighted by molar-refractivity contribution is 6.34. The van der Waals surface area contributed by atoms with Gasteiger partial charge >= 0.3 is 0 Å². The molecule has 2 heterocycles. The zero-order valence-electron chi connectivity index (χ0n) is 10.0. The van der Waals surface area contributed by atoms with E-state index in [1.165, 1.54) is 0 Å². The Morgan fingerprint density at radius 3 is 2.89 bits per heavy atom. The molecule has 3 aromatic rings. The average molecular weight is 270 g/mol. The minimum Gasteiger partial charge on any atom is -0.497 e. The molecule has 0 bridgehead atoms. The van der Waals surface area contributed by atoms with E-state index in [4.69, 9.17) is 24.2 Å². The first-order valence-electron chi connectivity index (χ1n) is 5.49. The molecule has 0 spiro atoms. The summed E-state index contributed by atoms with van der Waals surface area (Å²) in [5.74, 6) is 0.616. The number of aromatic nitrogens is 4. The normalized spacial score (nSPS) is 10.8. The lowest BCUT2D eigenvalue weighted by Crippen LogP contribution is -2.07. The number of nitrogens with zero attached hydrogens (tertiary/aromatic N) is 3. The van der Waals surface area contributed by atoms with Crippen LogP contribution in [0.25, 0.3) is 22.4 Å². The maximum Gasteiger partial charge on any atom is 0.225 e. The highest BCUT2D eigenvalue weighted by Crippen LogP contribution is 2.25. The van der Waals surface area contributed by atoms with Crippen molar-refractivity contribution < 1.29 is 4.74 Å². The summed E-state index contributed by atoms with van der Waals surface area (Å²) in [7, 11) is 7.47. The molecule has 3 rings (SSSR count). The van der Waals surface area contributed by atoms with Crippen molar-refractivity contribution in [3.63, 3.8) is 0 Å². The van der Waals surface area contributed by atoms with Crippen molar-refractivity contribution in [3.8, 4) is 17.0 Å². The third kappa shape index (κ3) is 2.04. The summed E-state index contributed by atoms with van der Waals surface area (Å²) in [5, 5.41) is 0.143. The minimum absolute atomic E-state index is 0.143. The summed E-state index contributed by atoms with van der Waals surface area (Å²) in [5.41, 5.74) is 3.24. The number of ether oxygens (including phenoxy) is 1. The summed E-state index contributed by atoms with van der Waals surface area (Å²) in [4.78, 5) is 15.3. The van der Waals surface area contributed by atoms with Crippen molar-refractivity contribution in [3.05, 3.63) is 29.8 Å². The number of imidazole rings is 1. The molecule has 0 unspecified atom stereocenters. The highest BCUT2D eigenvalue weighted by Gasteiger charge is 2.11. The lowest BCUT2D eigenvalue weighted by Gasteiger charge is -2.08. The number of nitrogens with one attached hydrogen (secondary N) is 1. The van der Waals surface area contributed by atoms with Crippen LogP contribution in [0.4, 0.5) is 0 Å². The summed E-state index contributed by atoms with van der Waals surface area (Å²) in [6, 6.07) is 5.41. The largest absolute Gasteiger partial charge is 0.497 e. The van der Waals surface area contributed by atoms with Crippen LogP contribution in [0.5, 0.6) is 5.75 Å². The number of rotatable bonds is 2. The lowest BCUT2D eigenvalue weighted by molar-refractivity contribution is 0.418. The number of halogens is 1. The zero-order chi connectivity index (χ0) is 13.4. The molecule has 0 aliphatic heterocycles. The number of aromatic amines is 1. The number of hydrogen-bond acceptors (Lipinski definition) is 4. The van der Waals surface area contributed by atoms with Crippen LogP contribution in [0.1, 0.15) is 0 Å². The van der Waals surface area contributed by atoms with Crippen LogP contribution >= 0.6 is 11.6 Å². The van der Waals surface area contributed by atoms with E-state index in [1.807, 2.05) is 6.07 Å². The van der Waals surface area contributed by atoms with E-state index >= 15 is 0 Å². The highest BCUT2D eigenvalue weighted by atomic mass is 35.5. The first-order chi connectivity index (χ1) is 9.19. The van der Waals surface area contributed by atoms with E-state index in [2.05, 4.69) is 19.9 Å². The first kappa shape index (κ1) is 12.0. The molecule has 92 valence electrons. The summed E-state index contributed by atoms with van der Waals surface area (Å²) >= 11 is 5.90. The monoisotopic (exact) mass is 270 g/mol. The van der Waals surface area contributed by atoms with E-state index in [0.717, 1.165) is 5.56 Å². The minimum atomic E-state index is 0.143. The van der Waals surface area contributed by atoms with Crippen molar-refractivity contribution in [2.45, 2.75) is 0 Å². The number of hydrogen-bond donors (Lipinski definition) is 1. The van der Waals surface area contributed by atoms with Crippen molar-refractivity contribution in [2.75, 3.05) is 7.11 Å². The lowest BCUT2D eigenvalue weighted by atomic mass is 9.92. The van der Waals surface area contributed by atoms with Crippen LogP contribution in [-0.4, -0.2) is 34.9 Å². The van der Waals surface area contributed by atoms with Crippen molar-refractivity contribution in [1.29, 1.82) is 0 Å². The molecule has 0 fully saturated rings. The van der Waals surface area contributed by atoms with Gasteiger partial charge in [0.25, 0.3) is 0 Å². The average Bonchev–Trinajstić information content (AvgIpc) is 2.85. The summed E-state index contributed by atoms with van der Waals surface area (Å²) in [6.45, 7) is 0. The summed E-state index contributed by atoms with van der Waals surface area (Å²) < 4.78 is 5.13. The van der Waals surface area contributed by atoms with Gasteiger partial charge in [-0.05, 0) is 23.7 Å². The number of fused-ring (bicyclic) bond motifs is 1. The van der Waals surface area contributed by atoms with Gasteiger partial charge in [0.1, 0.15) is 24.8 Å². The molecule has 1 N–H and O–H groups in total. The van der Waals surface area contributed by atoms with Crippen molar-refractivity contribution in [1.82, 2.24) is 19.9 Å². The quantitative estimate of drug-likeness (QED) is 0.566. The molecule has 0 atom stereocenters. The molecule has 1 aromatic carbocycles. The Morgan fingerprint density at radius 1 is 1.32 bits per heavy atom. The van der Waals surface area contributed by atoms with E-state index < -0.39 is 0 Å².